The monoisotopic (exact) mass is 339 g/mol. The van der Waals surface area contributed by atoms with Crippen LogP contribution in [-0.4, -0.2) is 21.6 Å². The molecule has 25 heavy (non-hydrogen) atoms. The van der Waals surface area contributed by atoms with E-state index in [9.17, 15) is 9.59 Å². The highest BCUT2D eigenvalue weighted by Gasteiger charge is 2.11. The van der Waals surface area contributed by atoms with Crippen LogP contribution in [0.15, 0.2) is 47.3 Å². The van der Waals surface area contributed by atoms with E-state index in [1.807, 2.05) is 49.4 Å². The van der Waals surface area contributed by atoms with E-state index in [2.05, 4.69) is 5.32 Å². The second kappa shape index (κ2) is 6.84. The van der Waals surface area contributed by atoms with Crippen molar-refractivity contribution < 1.29 is 9.53 Å². The quantitative estimate of drug-likeness (QED) is 0.776. The van der Waals surface area contributed by atoms with Crippen molar-refractivity contribution in [2.45, 2.75) is 13.3 Å². The van der Waals surface area contributed by atoms with Crippen LogP contribution in [0.3, 0.4) is 0 Å². The number of ether oxygens (including phenoxy) is 1. The molecule has 130 valence electrons. The number of carbonyl (C=O) groups is 1. The van der Waals surface area contributed by atoms with Crippen molar-refractivity contribution in [1.82, 2.24) is 9.13 Å². The molecule has 1 aromatic heterocycles. The third kappa shape index (κ3) is 3.28. The Morgan fingerprint density at radius 3 is 2.56 bits per heavy atom. The van der Waals surface area contributed by atoms with Crippen molar-refractivity contribution in [3.8, 4) is 5.75 Å². The van der Waals surface area contributed by atoms with E-state index in [-0.39, 0.29) is 18.0 Å². The Labute approximate surface area is 145 Å². The number of rotatable bonds is 5. The average molecular weight is 339 g/mol. The number of nitrogens with zero attached hydrogens (tertiary/aromatic N) is 2. The largest absolute Gasteiger partial charge is 0.492 e. The molecule has 6 heteroatoms. The van der Waals surface area contributed by atoms with Crippen LogP contribution in [0.5, 0.6) is 5.75 Å². The summed E-state index contributed by atoms with van der Waals surface area (Å²) in [5.74, 6) is 0.520. The van der Waals surface area contributed by atoms with Gasteiger partial charge in [0.05, 0.1) is 29.7 Å². The molecule has 3 aromatic rings. The van der Waals surface area contributed by atoms with Crippen LogP contribution >= 0.6 is 0 Å². The third-order valence-electron chi connectivity index (χ3n) is 4.16. The molecule has 0 aliphatic carbocycles. The molecule has 0 unspecified atom stereocenters. The van der Waals surface area contributed by atoms with Crippen LogP contribution in [-0.2, 0) is 25.3 Å². The molecule has 0 spiro atoms. The summed E-state index contributed by atoms with van der Waals surface area (Å²) in [6, 6.07) is 13.0. The Morgan fingerprint density at radius 1 is 1.08 bits per heavy atom. The molecule has 0 aliphatic rings. The van der Waals surface area contributed by atoms with E-state index in [0.717, 1.165) is 16.6 Å². The minimum atomic E-state index is -0.132. The molecule has 0 saturated carbocycles. The molecular formula is C19H21N3O3. The highest BCUT2D eigenvalue weighted by Crippen LogP contribution is 2.24. The van der Waals surface area contributed by atoms with Gasteiger partial charge in [-0.15, -0.1) is 0 Å². The number of aromatic nitrogens is 2. The number of aryl methyl sites for hydroxylation is 2. The third-order valence-corrected chi connectivity index (χ3v) is 4.16. The fourth-order valence-electron chi connectivity index (χ4n) is 2.89. The first-order chi connectivity index (χ1) is 12.0. The van der Waals surface area contributed by atoms with E-state index >= 15 is 0 Å². The normalized spacial score (nSPS) is 10.8. The first-order valence-electron chi connectivity index (χ1n) is 8.17. The molecule has 0 fully saturated rings. The summed E-state index contributed by atoms with van der Waals surface area (Å²) in [6.07, 6.45) is 0.222. The standard InChI is InChI=1S/C19H21N3O3/c1-4-25-17-8-6-5-7-14(17)20-18(23)12-13-9-10-15-16(11-13)22(3)19(24)21(15)2/h5-11H,4,12H2,1-3H3,(H,20,23). The number of hydrogen-bond donors (Lipinski definition) is 1. The predicted molar refractivity (Wildman–Crippen MR) is 98.1 cm³/mol. The van der Waals surface area contributed by atoms with Gasteiger partial charge >= 0.3 is 5.69 Å². The Hall–Kier alpha value is -3.02. The van der Waals surface area contributed by atoms with Crippen LogP contribution in [0.1, 0.15) is 12.5 Å². The Balaban J connectivity index is 1.81. The number of imidazole rings is 1. The summed E-state index contributed by atoms with van der Waals surface area (Å²) in [5.41, 5.74) is 3.08. The molecule has 0 atom stereocenters. The van der Waals surface area contributed by atoms with Gasteiger partial charge in [-0.25, -0.2) is 4.79 Å². The van der Waals surface area contributed by atoms with Crippen molar-refractivity contribution in [2.24, 2.45) is 14.1 Å². The van der Waals surface area contributed by atoms with Gasteiger partial charge < -0.3 is 10.1 Å². The van der Waals surface area contributed by atoms with Crippen LogP contribution in [0.4, 0.5) is 5.69 Å². The summed E-state index contributed by atoms with van der Waals surface area (Å²) in [6.45, 7) is 2.43. The first kappa shape index (κ1) is 16.8. The topological polar surface area (TPSA) is 65.3 Å². The molecule has 3 rings (SSSR count). The number of amides is 1. The van der Waals surface area contributed by atoms with Crippen molar-refractivity contribution in [3.05, 3.63) is 58.5 Å². The molecule has 6 nitrogen and oxygen atoms in total. The number of hydrogen-bond acceptors (Lipinski definition) is 3. The lowest BCUT2D eigenvalue weighted by molar-refractivity contribution is -0.115. The lowest BCUT2D eigenvalue weighted by Crippen LogP contribution is -2.19. The molecule has 0 bridgehead atoms. The van der Waals surface area contributed by atoms with Gasteiger partial charge in [-0.05, 0) is 36.8 Å². The second-order valence-electron chi connectivity index (χ2n) is 5.88. The summed E-state index contributed by atoms with van der Waals surface area (Å²) in [5, 5.41) is 2.89. The highest BCUT2D eigenvalue weighted by molar-refractivity contribution is 5.94. The van der Waals surface area contributed by atoms with Gasteiger partial charge in [0.2, 0.25) is 5.91 Å². The Bertz CT molecular complexity index is 985. The molecule has 0 aliphatic heterocycles. The molecule has 1 amide bonds. The lowest BCUT2D eigenvalue weighted by atomic mass is 10.1. The zero-order chi connectivity index (χ0) is 18.0. The average Bonchev–Trinajstić information content (AvgIpc) is 2.81. The van der Waals surface area contributed by atoms with Crippen molar-refractivity contribution in [3.63, 3.8) is 0 Å². The molecule has 1 heterocycles. The van der Waals surface area contributed by atoms with Crippen LogP contribution in [0, 0.1) is 0 Å². The highest BCUT2D eigenvalue weighted by atomic mass is 16.5. The van der Waals surface area contributed by atoms with E-state index in [4.69, 9.17) is 4.74 Å². The molecule has 1 N–H and O–H groups in total. The zero-order valence-corrected chi connectivity index (χ0v) is 14.6. The number of anilines is 1. The zero-order valence-electron chi connectivity index (χ0n) is 14.6. The Morgan fingerprint density at radius 2 is 1.80 bits per heavy atom. The first-order valence-corrected chi connectivity index (χ1v) is 8.17. The second-order valence-corrected chi connectivity index (χ2v) is 5.88. The summed E-state index contributed by atoms with van der Waals surface area (Å²) < 4.78 is 8.70. The van der Waals surface area contributed by atoms with E-state index < -0.39 is 0 Å². The van der Waals surface area contributed by atoms with Crippen molar-refractivity contribution in [2.75, 3.05) is 11.9 Å². The van der Waals surface area contributed by atoms with Gasteiger partial charge in [0.25, 0.3) is 0 Å². The van der Waals surface area contributed by atoms with Crippen LogP contribution < -0.4 is 15.7 Å². The predicted octanol–water partition coefficient (Wildman–Crippen LogP) is 2.46. The number of para-hydroxylation sites is 2. The summed E-state index contributed by atoms with van der Waals surface area (Å²) in [7, 11) is 3.47. The number of benzene rings is 2. The SMILES string of the molecule is CCOc1ccccc1NC(=O)Cc1ccc2c(c1)n(C)c(=O)n2C. The molecule has 2 aromatic carbocycles. The molecular weight excluding hydrogens is 318 g/mol. The van der Waals surface area contributed by atoms with E-state index in [1.165, 1.54) is 0 Å². The van der Waals surface area contributed by atoms with Gasteiger partial charge in [0, 0.05) is 14.1 Å². The van der Waals surface area contributed by atoms with Crippen molar-refractivity contribution >= 4 is 22.6 Å². The lowest BCUT2D eigenvalue weighted by Gasteiger charge is -2.11. The van der Waals surface area contributed by atoms with Crippen LogP contribution in [0.2, 0.25) is 0 Å². The smallest absolute Gasteiger partial charge is 0.328 e. The minimum Gasteiger partial charge on any atom is -0.492 e. The van der Waals surface area contributed by atoms with Crippen molar-refractivity contribution in [1.29, 1.82) is 0 Å². The van der Waals surface area contributed by atoms with Crippen LogP contribution in [0.25, 0.3) is 11.0 Å². The molecule has 0 saturated heterocycles. The summed E-state index contributed by atoms with van der Waals surface area (Å²) >= 11 is 0. The number of fused-ring (bicyclic) bond motifs is 1. The minimum absolute atomic E-state index is 0.0813. The van der Waals surface area contributed by atoms with E-state index in [0.29, 0.717) is 18.0 Å². The maximum absolute atomic E-state index is 12.4. The van der Waals surface area contributed by atoms with Gasteiger partial charge in [-0.3, -0.25) is 13.9 Å². The van der Waals surface area contributed by atoms with Gasteiger partial charge in [-0.2, -0.15) is 0 Å². The van der Waals surface area contributed by atoms with Gasteiger partial charge in [0.1, 0.15) is 5.75 Å². The van der Waals surface area contributed by atoms with Gasteiger partial charge in [-0.1, -0.05) is 18.2 Å². The maximum atomic E-state index is 12.4. The number of carbonyl (C=O) groups excluding carboxylic acids is 1. The number of nitrogens with one attached hydrogen (secondary N) is 1. The Kier molecular flexibility index (Phi) is 4.61. The van der Waals surface area contributed by atoms with Gasteiger partial charge in [0.15, 0.2) is 0 Å². The fraction of sp³-hybridized carbons (Fsp3) is 0.263. The summed E-state index contributed by atoms with van der Waals surface area (Å²) in [4.78, 5) is 24.4. The van der Waals surface area contributed by atoms with E-state index in [1.54, 1.807) is 23.2 Å². The molecule has 0 radical (unpaired) electrons. The fourth-order valence-corrected chi connectivity index (χ4v) is 2.89. The maximum Gasteiger partial charge on any atom is 0.328 e.